The van der Waals surface area contributed by atoms with Gasteiger partial charge in [0.2, 0.25) is 5.75 Å². The Morgan fingerprint density at radius 2 is 1.84 bits per heavy atom. The number of carbonyl (C=O) groups is 1. The second kappa shape index (κ2) is 6.43. The van der Waals surface area contributed by atoms with Gasteiger partial charge in [-0.05, 0) is 30.9 Å². The van der Waals surface area contributed by atoms with Gasteiger partial charge >= 0.3 is 0 Å². The zero-order valence-corrected chi connectivity index (χ0v) is 11.2. The Morgan fingerprint density at radius 1 is 1.21 bits per heavy atom. The van der Waals surface area contributed by atoms with Crippen LogP contribution in [0.15, 0.2) is 12.1 Å². The van der Waals surface area contributed by atoms with Crippen LogP contribution in [0.2, 0.25) is 0 Å². The number of benzene rings is 1. The van der Waals surface area contributed by atoms with Crippen molar-refractivity contribution in [1.82, 2.24) is 0 Å². The highest BCUT2D eigenvalue weighted by Crippen LogP contribution is 2.38. The van der Waals surface area contributed by atoms with Gasteiger partial charge in [-0.1, -0.05) is 0 Å². The predicted molar refractivity (Wildman–Crippen MR) is 69.1 cm³/mol. The molecule has 1 aliphatic rings. The number of ether oxygens (including phenoxy) is 4. The van der Waals surface area contributed by atoms with Gasteiger partial charge in [0.15, 0.2) is 18.3 Å². The van der Waals surface area contributed by atoms with Crippen molar-refractivity contribution in [2.45, 2.75) is 12.8 Å². The van der Waals surface area contributed by atoms with E-state index in [-0.39, 0.29) is 6.79 Å². The van der Waals surface area contributed by atoms with E-state index < -0.39 is 0 Å². The van der Waals surface area contributed by atoms with E-state index >= 15 is 0 Å². The number of hydrogen-bond acceptors (Lipinski definition) is 5. The van der Waals surface area contributed by atoms with Crippen LogP contribution in [-0.2, 0) is 4.74 Å². The minimum absolute atomic E-state index is 0.143. The summed E-state index contributed by atoms with van der Waals surface area (Å²) in [4.78, 5) is 10.8. The highest BCUT2D eigenvalue weighted by atomic mass is 16.7. The molecule has 1 aromatic rings. The third-order valence-electron chi connectivity index (χ3n) is 2.96. The van der Waals surface area contributed by atoms with E-state index in [1.165, 1.54) is 27.1 Å². The van der Waals surface area contributed by atoms with E-state index in [1.807, 2.05) is 0 Å². The van der Waals surface area contributed by atoms with Crippen molar-refractivity contribution in [3.63, 3.8) is 0 Å². The molecule has 0 aliphatic heterocycles. The highest BCUT2D eigenvalue weighted by molar-refractivity contribution is 5.78. The first kappa shape index (κ1) is 13.7. The van der Waals surface area contributed by atoms with Gasteiger partial charge in [-0.15, -0.1) is 0 Å². The maximum Gasteiger partial charge on any atom is 0.206 e. The van der Waals surface area contributed by atoms with E-state index in [2.05, 4.69) is 0 Å². The average molecular weight is 266 g/mol. The molecule has 19 heavy (non-hydrogen) atoms. The molecule has 0 unspecified atom stereocenters. The first-order chi connectivity index (χ1) is 9.28. The van der Waals surface area contributed by atoms with Crippen LogP contribution in [-0.4, -0.2) is 33.9 Å². The SMILES string of the molecule is COc1cc(C=O)cc(OC)c1OCOCC1CC1. The number of carbonyl (C=O) groups excluding carboxylic acids is 1. The Labute approximate surface area is 112 Å². The Bertz CT molecular complexity index is 414. The molecule has 0 aromatic heterocycles. The molecule has 5 heteroatoms. The smallest absolute Gasteiger partial charge is 0.206 e. The number of aldehydes is 1. The first-order valence-electron chi connectivity index (χ1n) is 6.20. The lowest BCUT2D eigenvalue weighted by atomic mass is 10.2. The van der Waals surface area contributed by atoms with E-state index in [0.717, 1.165) is 12.9 Å². The summed E-state index contributed by atoms with van der Waals surface area (Å²) in [6.07, 6.45) is 3.21. The lowest BCUT2D eigenvalue weighted by Crippen LogP contribution is -2.07. The lowest BCUT2D eigenvalue weighted by Gasteiger charge is -2.14. The topological polar surface area (TPSA) is 54.0 Å². The molecular weight excluding hydrogens is 248 g/mol. The zero-order valence-electron chi connectivity index (χ0n) is 11.2. The lowest BCUT2D eigenvalue weighted by molar-refractivity contribution is 0.00729. The second-order valence-electron chi connectivity index (χ2n) is 4.45. The van der Waals surface area contributed by atoms with Gasteiger partial charge in [0.25, 0.3) is 0 Å². The summed E-state index contributed by atoms with van der Waals surface area (Å²) in [7, 11) is 3.03. The molecule has 0 N–H and O–H groups in total. The number of methoxy groups -OCH3 is 2. The Balaban J connectivity index is 2.04. The molecule has 1 saturated carbocycles. The molecule has 0 amide bonds. The Kier molecular flexibility index (Phi) is 4.63. The van der Waals surface area contributed by atoms with Crippen molar-refractivity contribution < 1.29 is 23.7 Å². The second-order valence-corrected chi connectivity index (χ2v) is 4.45. The average Bonchev–Trinajstić information content (AvgIpc) is 3.27. The Hall–Kier alpha value is -1.75. The fraction of sp³-hybridized carbons (Fsp3) is 0.500. The van der Waals surface area contributed by atoms with Gasteiger partial charge in [0.1, 0.15) is 6.29 Å². The summed E-state index contributed by atoms with van der Waals surface area (Å²) in [5, 5.41) is 0. The quantitative estimate of drug-likeness (QED) is 0.410. The summed E-state index contributed by atoms with van der Waals surface area (Å²) in [5.74, 6) is 2.05. The maximum absolute atomic E-state index is 10.8. The van der Waals surface area contributed by atoms with Crippen LogP contribution < -0.4 is 14.2 Å². The summed E-state index contributed by atoms with van der Waals surface area (Å²) < 4.78 is 21.4. The summed E-state index contributed by atoms with van der Waals surface area (Å²) in [6, 6.07) is 3.21. The van der Waals surface area contributed by atoms with E-state index in [0.29, 0.717) is 28.7 Å². The standard InChI is InChI=1S/C14H18O5/c1-16-12-5-11(7-15)6-13(17-2)14(12)19-9-18-8-10-3-4-10/h5-7,10H,3-4,8-9H2,1-2H3. The van der Waals surface area contributed by atoms with Crippen molar-refractivity contribution in [2.75, 3.05) is 27.6 Å². The molecule has 5 nitrogen and oxygen atoms in total. The minimum Gasteiger partial charge on any atom is -0.493 e. The van der Waals surface area contributed by atoms with Crippen molar-refractivity contribution in [3.8, 4) is 17.2 Å². The third kappa shape index (κ3) is 3.61. The van der Waals surface area contributed by atoms with E-state index in [1.54, 1.807) is 12.1 Å². The van der Waals surface area contributed by atoms with E-state index in [9.17, 15) is 4.79 Å². The molecule has 0 atom stereocenters. The molecule has 0 saturated heterocycles. The molecule has 0 radical (unpaired) electrons. The van der Waals surface area contributed by atoms with Crippen molar-refractivity contribution in [3.05, 3.63) is 17.7 Å². The predicted octanol–water partition coefficient (Wildman–Crippen LogP) is 2.28. The van der Waals surface area contributed by atoms with Crippen molar-refractivity contribution in [1.29, 1.82) is 0 Å². The van der Waals surface area contributed by atoms with Crippen molar-refractivity contribution >= 4 is 6.29 Å². The number of hydrogen-bond donors (Lipinski definition) is 0. The number of rotatable bonds is 8. The van der Waals surface area contributed by atoms with Crippen LogP contribution in [0.1, 0.15) is 23.2 Å². The van der Waals surface area contributed by atoms with Crippen LogP contribution >= 0.6 is 0 Å². The monoisotopic (exact) mass is 266 g/mol. The zero-order chi connectivity index (χ0) is 13.7. The van der Waals surface area contributed by atoms with Crippen LogP contribution in [0.5, 0.6) is 17.2 Å². The fourth-order valence-corrected chi connectivity index (χ4v) is 1.71. The van der Waals surface area contributed by atoms with Gasteiger partial charge < -0.3 is 18.9 Å². The molecule has 0 heterocycles. The van der Waals surface area contributed by atoms with Crippen LogP contribution in [0.4, 0.5) is 0 Å². The molecule has 104 valence electrons. The van der Waals surface area contributed by atoms with Gasteiger partial charge in [-0.3, -0.25) is 4.79 Å². The molecule has 0 bridgehead atoms. The highest BCUT2D eigenvalue weighted by Gasteiger charge is 2.21. The van der Waals surface area contributed by atoms with Gasteiger partial charge in [0.05, 0.1) is 20.8 Å². The largest absolute Gasteiger partial charge is 0.493 e. The van der Waals surface area contributed by atoms with Crippen LogP contribution in [0.25, 0.3) is 0 Å². The van der Waals surface area contributed by atoms with Crippen molar-refractivity contribution in [2.24, 2.45) is 5.92 Å². The minimum atomic E-state index is 0.143. The first-order valence-corrected chi connectivity index (χ1v) is 6.20. The summed E-state index contributed by atoms with van der Waals surface area (Å²) in [6.45, 7) is 0.862. The summed E-state index contributed by atoms with van der Waals surface area (Å²) in [5.41, 5.74) is 0.472. The molecule has 0 spiro atoms. The molecule has 1 fully saturated rings. The third-order valence-corrected chi connectivity index (χ3v) is 2.96. The van der Waals surface area contributed by atoms with Crippen LogP contribution in [0, 0.1) is 5.92 Å². The normalized spacial score (nSPS) is 14.0. The van der Waals surface area contributed by atoms with Crippen LogP contribution in [0.3, 0.4) is 0 Å². The summed E-state index contributed by atoms with van der Waals surface area (Å²) >= 11 is 0. The fourth-order valence-electron chi connectivity index (χ4n) is 1.71. The molecule has 2 rings (SSSR count). The molecular formula is C14H18O5. The van der Waals surface area contributed by atoms with Gasteiger partial charge in [-0.25, -0.2) is 0 Å². The van der Waals surface area contributed by atoms with E-state index in [4.69, 9.17) is 18.9 Å². The molecule has 1 aliphatic carbocycles. The molecule has 1 aromatic carbocycles. The Morgan fingerprint density at radius 3 is 2.32 bits per heavy atom. The van der Waals surface area contributed by atoms with Gasteiger partial charge in [-0.2, -0.15) is 0 Å². The van der Waals surface area contributed by atoms with Gasteiger partial charge in [0, 0.05) is 5.56 Å². The maximum atomic E-state index is 10.8.